The average molecular weight is 247 g/mol. The maximum Gasteiger partial charge on any atom is 0.342 e. The largest absolute Gasteiger partial charge is 0.462 e. The van der Waals surface area contributed by atoms with E-state index in [9.17, 15) is 9.59 Å². The molecule has 0 aromatic heterocycles. The van der Waals surface area contributed by atoms with Gasteiger partial charge in [0.05, 0.1) is 12.5 Å². The number of ether oxygens (including phenoxy) is 1. The second-order valence-corrected chi connectivity index (χ2v) is 3.95. The topological polar surface area (TPSA) is 43.4 Å². The van der Waals surface area contributed by atoms with E-state index in [-0.39, 0.29) is 23.8 Å². The Hall–Kier alpha value is -0.740. The van der Waals surface area contributed by atoms with E-state index < -0.39 is 5.97 Å². The fourth-order valence-corrected chi connectivity index (χ4v) is 2.08. The fraction of sp³-hybridized carbons (Fsp3) is 0.400. The zero-order valence-corrected chi connectivity index (χ0v) is 9.86. The Kier molecular flexibility index (Phi) is 4.91. The molecule has 1 aliphatic heterocycles. The van der Waals surface area contributed by atoms with Gasteiger partial charge in [-0.05, 0) is 17.9 Å². The molecule has 0 bridgehead atoms. The highest BCUT2D eigenvalue weighted by atomic mass is 35.5. The van der Waals surface area contributed by atoms with Gasteiger partial charge < -0.3 is 4.74 Å². The number of carbonyl (C=O) groups excluding carboxylic acids is 2. The standard InChI is InChI=1S/C10H11ClO3S/c1-2-14-10(13)9(8(12)5-11)7-3-4-15-6-7/h3-4H,2,5-6H2,1H3/b9-7-. The molecule has 0 aromatic carbocycles. The highest BCUT2D eigenvalue weighted by Crippen LogP contribution is 2.24. The number of ketones is 1. The molecule has 0 spiro atoms. The van der Waals surface area contributed by atoms with E-state index in [1.54, 1.807) is 13.0 Å². The third kappa shape index (κ3) is 3.11. The van der Waals surface area contributed by atoms with E-state index in [1.807, 2.05) is 5.41 Å². The van der Waals surface area contributed by atoms with Gasteiger partial charge in [0.25, 0.3) is 0 Å². The van der Waals surface area contributed by atoms with Crippen LogP contribution in [0.1, 0.15) is 6.92 Å². The first-order valence-electron chi connectivity index (χ1n) is 4.48. The average Bonchev–Trinajstić information content (AvgIpc) is 2.71. The number of alkyl halides is 1. The zero-order chi connectivity index (χ0) is 11.3. The maximum absolute atomic E-state index is 11.5. The Labute approximate surface area is 97.5 Å². The van der Waals surface area contributed by atoms with Crippen molar-refractivity contribution >= 4 is 35.1 Å². The van der Waals surface area contributed by atoms with Gasteiger partial charge in [-0.3, -0.25) is 4.79 Å². The molecule has 15 heavy (non-hydrogen) atoms. The fourth-order valence-electron chi connectivity index (χ4n) is 1.17. The minimum Gasteiger partial charge on any atom is -0.462 e. The second-order valence-electron chi connectivity index (χ2n) is 2.79. The molecule has 0 radical (unpaired) electrons. The molecule has 1 rings (SSSR count). The van der Waals surface area contributed by atoms with E-state index in [1.165, 1.54) is 11.8 Å². The highest BCUT2D eigenvalue weighted by Gasteiger charge is 2.23. The number of Topliss-reactive ketones (excluding diaryl/α,β-unsaturated/α-hetero) is 1. The Morgan fingerprint density at radius 1 is 1.60 bits per heavy atom. The van der Waals surface area contributed by atoms with Gasteiger partial charge in [-0.1, -0.05) is 6.08 Å². The van der Waals surface area contributed by atoms with Crippen molar-refractivity contribution in [2.45, 2.75) is 6.92 Å². The van der Waals surface area contributed by atoms with E-state index in [0.29, 0.717) is 11.3 Å². The lowest BCUT2D eigenvalue weighted by molar-refractivity contribution is -0.139. The van der Waals surface area contributed by atoms with Crippen LogP contribution >= 0.6 is 23.4 Å². The molecular weight excluding hydrogens is 236 g/mol. The van der Waals surface area contributed by atoms with Crippen molar-refractivity contribution in [2.24, 2.45) is 0 Å². The molecule has 1 aliphatic rings. The molecule has 0 unspecified atom stereocenters. The number of rotatable bonds is 4. The highest BCUT2D eigenvalue weighted by molar-refractivity contribution is 8.02. The number of hydrogen-bond acceptors (Lipinski definition) is 4. The summed E-state index contributed by atoms with van der Waals surface area (Å²) in [7, 11) is 0. The van der Waals surface area contributed by atoms with Crippen molar-refractivity contribution in [3.05, 3.63) is 22.6 Å². The van der Waals surface area contributed by atoms with E-state index in [2.05, 4.69) is 0 Å². The van der Waals surface area contributed by atoms with Gasteiger partial charge in [0.1, 0.15) is 5.57 Å². The van der Waals surface area contributed by atoms with Gasteiger partial charge in [0.15, 0.2) is 5.78 Å². The summed E-state index contributed by atoms with van der Waals surface area (Å²) in [5.74, 6) is -0.532. The molecule has 0 fully saturated rings. The minimum absolute atomic E-state index is 0.0908. The summed E-state index contributed by atoms with van der Waals surface area (Å²) in [5.41, 5.74) is 0.789. The van der Waals surface area contributed by atoms with Crippen LogP contribution in [0.5, 0.6) is 0 Å². The molecule has 1 heterocycles. The summed E-state index contributed by atoms with van der Waals surface area (Å²) in [6.45, 7) is 1.95. The van der Waals surface area contributed by atoms with Crippen molar-refractivity contribution in [1.82, 2.24) is 0 Å². The molecular formula is C10H11ClO3S. The minimum atomic E-state index is -0.578. The molecule has 0 atom stereocenters. The number of esters is 1. The Balaban J connectivity index is 2.97. The summed E-state index contributed by atoms with van der Waals surface area (Å²) in [4.78, 5) is 23.0. The number of allylic oxidation sites excluding steroid dienone is 1. The van der Waals surface area contributed by atoms with Crippen LogP contribution in [0.15, 0.2) is 22.6 Å². The Morgan fingerprint density at radius 3 is 2.80 bits per heavy atom. The van der Waals surface area contributed by atoms with Crippen LogP contribution < -0.4 is 0 Å². The Morgan fingerprint density at radius 2 is 2.33 bits per heavy atom. The smallest absolute Gasteiger partial charge is 0.342 e. The first kappa shape index (κ1) is 12.3. The molecule has 0 N–H and O–H groups in total. The summed E-state index contributed by atoms with van der Waals surface area (Å²) >= 11 is 6.98. The lowest BCUT2D eigenvalue weighted by atomic mass is 10.1. The van der Waals surface area contributed by atoms with Crippen molar-refractivity contribution in [1.29, 1.82) is 0 Å². The summed E-state index contributed by atoms with van der Waals surface area (Å²) in [5, 5.41) is 1.84. The maximum atomic E-state index is 11.5. The number of carbonyl (C=O) groups is 2. The lowest BCUT2D eigenvalue weighted by Crippen LogP contribution is -2.19. The quantitative estimate of drug-likeness (QED) is 0.250. The predicted molar refractivity (Wildman–Crippen MR) is 61.0 cm³/mol. The third-order valence-corrected chi connectivity index (χ3v) is 2.85. The van der Waals surface area contributed by atoms with E-state index in [0.717, 1.165) is 0 Å². The first-order valence-corrected chi connectivity index (χ1v) is 6.06. The van der Waals surface area contributed by atoms with E-state index in [4.69, 9.17) is 16.3 Å². The molecule has 82 valence electrons. The van der Waals surface area contributed by atoms with Crippen molar-refractivity contribution in [3.8, 4) is 0 Å². The summed E-state index contributed by atoms with van der Waals surface area (Å²) < 4.78 is 4.82. The van der Waals surface area contributed by atoms with Gasteiger partial charge in [-0.15, -0.1) is 23.4 Å². The van der Waals surface area contributed by atoms with Crippen LogP contribution in [0.25, 0.3) is 0 Å². The van der Waals surface area contributed by atoms with E-state index >= 15 is 0 Å². The number of thioether (sulfide) groups is 1. The monoisotopic (exact) mass is 246 g/mol. The van der Waals surface area contributed by atoms with Crippen LogP contribution in [-0.4, -0.2) is 30.0 Å². The van der Waals surface area contributed by atoms with Crippen molar-refractivity contribution < 1.29 is 14.3 Å². The third-order valence-electron chi connectivity index (χ3n) is 1.81. The molecule has 0 saturated heterocycles. The van der Waals surface area contributed by atoms with Crippen molar-refractivity contribution in [2.75, 3.05) is 18.2 Å². The van der Waals surface area contributed by atoms with Gasteiger partial charge in [-0.2, -0.15) is 0 Å². The zero-order valence-electron chi connectivity index (χ0n) is 8.29. The predicted octanol–water partition coefficient (Wildman–Crippen LogP) is 1.91. The summed E-state index contributed by atoms with van der Waals surface area (Å²) in [6, 6.07) is 0. The molecule has 5 heteroatoms. The molecule has 0 amide bonds. The van der Waals surface area contributed by atoms with Crippen LogP contribution in [0.4, 0.5) is 0 Å². The number of halogens is 1. The molecule has 0 aliphatic carbocycles. The van der Waals surface area contributed by atoms with Gasteiger partial charge in [-0.25, -0.2) is 4.79 Å². The lowest BCUT2D eigenvalue weighted by Gasteiger charge is -2.06. The second kappa shape index (κ2) is 5.98. The van der Waals surface area contributed by atoms with Crippen LogP contribution in [0, 0.1) is 0 Å². The van der Waals surface area contributed by atoms with Crippen LogP contribution in [-0.2, 0) is 14.3 Å². The summed E-state index contributed by atoms with van der Waals surface area (Å²) in [6.07, 6.45) is 1.75. The molecule has 0 aromatic rings. The number of hydrogen-bond donors (Lipinski definition) is 0. The molecule has 3 nitrogen and oxygen atoms in total. The van der Waals surface area contributed by atoms with Crippen LogP contribution in [0.2, 0.25) is 0 Å². The normalized spacial score (nSPS) is 17.7. The van der Waals surface area contributed by atoms with Crippen molar-refractivity contribution in [3.63, 3.8) is 0 Å². The van der Waals surface area contributed by atoms with Gasteiger partial charge >= 0.3 is 5.97 Å². The van der Waals surface area contributed by atoms with Gasteiger partial charge in [0.2, 0.25) is 0 Å². The molecule has 0 saturated carbocycles. The Bertz CT molecular complexity index is 334. The SMILES string of the molecule is CCOC(=O)/C(C(=O)CCl)=C1/C=CSC1. The van der Waals surface area contributed by atoms with Gasteiger partial charge in [0, 0.05) is 5.75 Å². The van der Waals surface area contributed by atoms with Crippen LogP contribution in [0.3, 0.4) is 0 Å². The first-order chi connectivity index (χ1) is 7.20.